The van der Waals surface area contributed by atoms with Crippen LogP contribution in [0.15, 0.2) is 12.1 Å². The number of carboxylic acids is 1. The van der Waals surface area contributed by atoms with Crippen LogP contribution < -0.4 is 0 Å². The Kier molecular flexibility index (Phi) is 4.40. The van der Waals surface area contributed by atoms with Gasteiger partial charge in [-0.25, -0.2) is 8.78 Å². The van der Waals surface area contributed by atoms with Crippen molar-refractivity contribution >= 4 is 5.97 Å². The number of ether oxygens (including phenoxy) is 1. The third-order valence-electron chi connectivity index (χ3n) is 2.80. The Bertz CT molecular complexity index is 456. The van der Waals surface area contributed by atoms with Crippen LogP contribution in [0.4, 0.5) is 8.78 Å². The lowest BCUT2D eigenvalue weighted by atomic mass is 9.80. The Morgan fingerprint density at radius 2 is 2.00 bits per heavy atom. The molecule has 0 aliphatic heterocycles. The number of rotatable bonds is 5. The second-order valence-electron chi connectivity index (χ2n) is 4.77. The van der Waals surface area contributed by atoms with Gasteiger partial charge in [-0.15, -0.1) is 0 Å². The Balaban J connectivity index is 3.25. The van der Waals surface area contributed by atoms with E-state index in [2.05, 4.69) is 0 Å². The molecule has 0 heterocycles. The van der Waals surface area contributed by atoms with Gasteiger partial charge >= 0.3 is 5.97 Å². The molecule has 3 nitrogen and oxygen atoms in total. The molecular weight excluding hydrogens is 242 g/mol. The Hall–Kier alpha value is -1.49. The molecule has 100 valence electrons. The van der Waals surface area contributed by atoms with Crippen molar-refractivity contribution in [3.05, 3.63) is 34.9 Å². The molecule has 0 aromatic heterocycles. The number of halogens is 2. The summed E-state index contributed by atoms with van der Waals surface area (Å²) in [7, 11) is 1.34. The standard InChI is InChI=1S/C13H16F2O3/c1-13(2,6-11(16)17)9-4-5-10(14)8(7-18-3)12(9)15/h4-5H,6-7H2,1-3H3,(H,16,17). The van der Waals surface area contributed by atoms with Crippen molar-refractivity contribution < 1.29 is 23.4 Å². The van der Waals surface area contributed by atoms with Crippen LogP contribution in [0, 0.1) is 11.6 Å². The van der Waals surface area contributed by atoms with Gasteiger partial charge in [-0.3, -0.25) is 4.79 Å². The summed E-state index contributed by atoms with van der Waals surface area (Å²) in [4.78, 5) is 10.8. The van der Waals surface area contributed by atoms with Crippen molar-refractivity contribution in [3.63, 3.8) is 0 Å². The molecule has 1 N–H and O–H groups in total. The molecule has 0 spiro atoms. The first-order valence-corrected chi connectivity index (χ1v) is 5.47. The highest BCUT2D eigenvalue weighted by molar-refractivity contribution is 5.69. The van der Waals surface area contributed by atoms with Gasteiger partial charge in [0.1, 0.15) is 11.6 Å². The van der Waals surface area contributed by atoms with Crippen LogP contribution in [-0.4, -0.2) is 18.2 Å². The quantitative estimate of drug-likeness (QED) is 0.883. The summed E-state index contributed by atoms with van der Waals surface area (Å²) in [5.41, 5.74) is -0.904. The van der Waals surface area contributed by atoms with Crippen LogP contribution in [-0.2, 0) is 21.6 Å². The van der Waals surface area contributed by atoms with E-state index in [0.717, 1.165) is 6.07 Å². The summed E-state index contributed by atoms with van der Waals surface area (Å²) in [5.74, 6) is -2.45. The van der Waals surface area contributed by atoms with Gasteiger partial charge in [0.25, 0.3) is 0 Å². The third-order valence-corrected chi connectivity index (χ3v) is 2.80. The van der Waals surface area contributed by atoms with Gasteiger partial charge in [-0.2, -0.15) is 0 Å². The number of carboxylic acid groups (broad SMARTS) is 1. The average Bonchev–Trinajstić information content (AvgIpc) is 2.21. The molecule has 1 rings (SSSR count). The Labute approximate surface area is 104 Å². The minimum atomic E-state index is -1.03. The lowest BCUT2D eigenvalue weighted by Crippen LogP contribution is -2.24. The van der Waals surface area contributed by atoms with Crippen LogP contribution in [0.5, 0.6) is 0 Å². The van der Waals surface area contributed by atoms with E-state index in [1.165, 1.54) is 13.2 Å². The first-order valence-electron chi connectivity index (χ1n) is 5.47. The average molecular weight is 258 g/mol. The highest BCUT2D eigenvalue weighted by Gasteiger charge is 2.29. The fraction of sp³-hybridized carbons (Fsp3) is 0.462. The smallest absolute Gasteiger partial charge is 0.304 e. The molecule has 1 aromatic rings. The number of hydrogen-bond donors (Lipinski definition) is 1. The van der Waals surface area contributed by atoms with Crippen molar-refractivity contribution in [2.75, 3.05) is 7.11 Å². The maximum Gasteiger partial charge on any atom is 0.304 e. The zero-order valence-corrected chi connectivity index (χ0v) is 10.6. The van der Waals surface area contributed by atoms with Gasteiger partial charge in [0.2, 0.25) is 0 Å². The molecule has 0 aliphatic carbocycles. The van der Waals surface area contributed by atoms with E-state index < -0.39 is 23.0 Å². The summed E-state index contributed by atoms with van der Waals surface area (Å²) >= 11 is 0. The van der Waals surface area contributed by atoms with Gasteiger partial charge in [0, 0.05) is 18.1 Å². The van der Waals surface area contributed by atoms with Gasteiger partial charge in [0.15, 0.2) is 0 Å². The summed E-state index contributed by atoms with van der Waals surface area (Å²) in [6, 6.07) is 2.42. The molecule has 0 bridgehead atoms. The minimum Gasteiger partial charge on any atom is -0.481 e. The first-order chi connectivity index (χ1) is 8.29. The summed E-state index contributed by atoms with van der Waals surface area (Å²) in [6.07, 6.45) is -0.234. The first kappa shape index (κ1) is 14.6. The SMILES string of the molecule is COCc1c(F)ccc(C(C)(C)CC(=O)O)c1F. The largest absolute Gasteiger partial charge is 0.481 e. The number of hydrogen-bond acceptors (Lipinski definition) is 2. The molecule has 0 aliphatic rings. The predicted molar refractivity (Wildman–Crippen MR) is 62.3 cm³/mol. The van der Waals surface area contributed by atoms with Gasteiger partial charge in [-0.05, 0) is 11.6 Å². The van der Waals surface area contributed by atoms with Crippen molar-refractivity contribution in [2.45, 2.75) is 32.3 Å². The van der Waals surface area contributed by atoms with Crippen LogP contribution >= 0.6 is 0 Å². The van der Waals surface area contributed by atoms with Gasteiger partial charge in [0.05, 0.1) is 13.0 Å². The van der Waals surface area contributed by atoms with E-state index in [0.29, 0.717) is 0 Å². The molecule has 5 heteroatoms. The van der Waals surface area contributed by atoms with Crippen molar-refractivity contribution in [2.24, 2.45) is 0 Å². The van der Waals surface area contributed by atoms with E-state index in [1.807, 2.05) is 0 Å². The van der Waals surface area contributed by atoms with E-state index in [-0.39, 0.29) is 24.2 Å². The van der Waals surface area contributed by atoms with E-state index in [1.54, 1.807) is 13.8 Å². The molecule has 0 radical (unpaired) electrons. The zero-order valence-electron chi connectivity index (χ0n) is 10.6. The molecule has 0 atom stereocenters. The molecule has 0 saturated heterocycles. The minimum absolute atomic E-state index is 0.173. The molecule has 0 unspecified atom stereocenters. The molecule has 18 heavy (non-hydrogen) atoms. The zero-order chi connectivity index (χ0) is 13.9. The Morgan fingerprint density at radius 1 is 1.39 bits per heavy atom. The fourth-order valence-electron chi connectivity index (χ4n) is 1.87. The molecule has 0 fully saturated rings. The van der Waals surface area contributed by atoms with Crippen LogP contribution in [0.3, 0.4) is 0 Å². The maximum atomic E-state index is 14.2. The third kappa shape index (κ3) is 3.04. The van der Waals surface area contributed by atoms with Crippen LogP contribution in [0.1, 0.15) is 31.4 Å². The predicted octanol–water partition coefficient (Wildman–Crippen LogP) is 2.86. The second-order valence-corrected chi connectivity index (χ2v) is 4.77. The van der Waals surface area contributed by atoms with E-state index in [4.69, 9.17) is 9.84 Å². The summed E-state index contributed by atoms with van der Waals surface area (Å²) < 4.78 is 32.3. The van der Waals surface area contributed by atoms with Gasteiger partial charge in [-0.1, -0.05) is 19.9 Å². The monoisotopic (exact) mass is 258 g/mol. The van der Waals surface area contributed by atoms with Crippen LogP contribution in [0.2, 0.25) is 0 Å². The molecule has 0 saturated carbocycles. The Morgan fingerprint density at radius 3 is 2.50 bits per heavy atom. The topological polar surface area (TPSA) is 46.5 Å². The molecule has 0 amide bonds. The highest BCUT2D eigenvalue weighted by Crippen LogP contribution is 2.31. The number of aliphatic carboxylic acids is 1. The van der Waals surface area contributed by atoms with Crippen molar-refractivity contribution in [1.29, 1.82) is 0 Å². The fourth-order valence-corrected chi connectivity index (χ4v) is 1.87. The lowest BCUT2D eigenvalue weighted by molar-refractivity contribution is -0.138. The van der Waals surface area contributed by atoms with Crippen LogP contribution in [0.25, 0.3) is 0 Å². The maximum absolute atomic E-state index is 14.2. The second kappa shape index (κ2) is 5.44. The lowest BCUT2D eigenvalue weighted by Gasteiger charge is -2.24. The van der Waals surface area contributed by atoms with Crippen molar-refractivity contribution in [1.82, 2.24) is 0 Å². The van der Waals surface area contributed by atoms with Gasteiger partial charge < -0.3 is 9.84 Å². The van der Waals surface area contributed by atoms with E-state index >= 15 is 0 Å². The van der Waals surface area contributed by atoms with Crippen molar-refractivity contribution in [3.8, 4) is 0 Å². The summed E-state index contributed by atoms with van der Waals surface area (Å²) in [6.45, 7) is 3.02. The molecule has 1 aromatic carbocycles. The number of benzene rings is 1. The van der Waals surface area contributed by atoms with E-state index in [9.17, 15) is 13.6 Å². The number of carbonyl (C=O) groups is 1. The summed E-state index contributed by atoms with van der Waals surface area (Å²) in [5, 5.41) is 8.81. The normalized spacial score (nSPS) is 11.6. The highest BCUT2D eigenvalue weighted by atomic mass is 19.1. The number of methoxy groups -OCH3 is 1. The molecular formula is C13H16F2O3.